The first-order chi connectivity index (χ1) is 14.1. The van der Waals surface area contributed by atoms with Crippen LogP contribution < -0.4 is 4.74 Å². The Bertz CT molecular complexity index is 814. The van der Waals surface area contributed by atoms with E-state index in [1.54, 1.807) is 7.11 Å². The van der Waals surface area contributed by atoms with Crippen LogP contribution in [0.25, 0.3) is 10.6 Å². The van der Waals surface area contributed by atoms with E-state index in [1.807, 2.05) is 34.5 Å². The maximum atomic E-state index is 13.2. The highest BCUT2D eigenvalue weighted by molar-refractivity contribution is 7.13. The molecular weight excluding hydrogens is 384 g/mol. The van der Waals surface area contributed by atoms with Crippen molar-refractivity contribution in [3.63, 3.8) is 0 Å². The zero-order chi connectivity index (χ0) is 20.2. The van der Waals surface area contributed by atoms with Gasteiger partial charge in [-0.15, -0.1) is 11.3 Å². The molecule has 0 bridgehead atoms. The molecule has 2 aromatic rings. The number of hydrogen-bond donors (Lipinski definition) is 0. The van der Waals surface area contributed by atoms with E-state index in [1.165, 1.54) is 24.2 Å². The van der Waals surface area contributed by atoms with E-state index in [0.717, 1.165) is 62.0 Å². The highest BCUT2D eigenvalue weighted by Gasteiger charge is 2.29. The Morgan fingerprint density at radius 3 is 2.59 bits per heavy atom. The van der Waals surface area contributed by atoms with E-state index in [0.29, 0.717) is 11.7 Å². The van der Waals surface area contributed by atoms with E-state index in [9.17, 15) is 4.79 Å². The highest BCUT2D eigenvalue weighted by Crippen LogP contribution is 2.27. The fraction of sp³-hybridized carbons (Fsp3) is 0.545. The molecule has 3 heterocycles. The normalized spacial score (nSPS) is 21.7. The Kier molecular flexibility index (Phi) is 6.47. The summed E-state index contributed by atoms with van der Waals surface area (Å²) < 4.78 is 5.22. The van der Waals surface area contributed by atoms with Crippen molar-refractivity contribution >= 4 is 17.2 Å². The van der Waals surface area contributed by atoms with E-state index in [-0.39, 0.29) is 5.91 Å². The lowest BCUT2D eigenvalue weighted by Gasteiger charge is -2.39. The first kappa shape index (κ1) is 20.3. The standard InChI is InChI=1S/C22H30N4O2S/c1-24-11-13-25(14-12-24)18-5-3-4-10-26(15-18)22(27)20-16-29-21(23-20)17-6-8-19(28-2)9-7-17/h6-9,16,18H,3-5,10-15H2,1-2H3/t18-/m0/s1. The molecule has 0 spiro atoms. The summed E-state index contributed by atoms with van der Waals surface area (Å²) in [6.07, 6.45) is 3.45. The molecule has 156 valence electrons. The smallest absolute Gasteiger partial charge is 0.273 e. The number of likely N-dealkylation sites (tertiary alicyclic amines) is 1. The lowest BCUT2D eigenvalue weighted by molar-refractivity contribution is 0.0627. The number of ether oxygens (including phenoxy) is 1. The van der Waals surface area contributed by atoms with Crippen molar-refractivity contribution in [2.24, 2.45) is 0 Å². The van der Waals surface area contributed by atoms with Crippen LogP contribution in [0.15, 0.2) is 29.6 Å². The number of likely N-dealkylation sites (N-methyl/N-ethyl adjacent to an activating group) is 1. The molecule has 1 atom stereocenters. The van der Waals surface area contributed by atoms with Gasteiger partial charge < -0.3 is 14.5 Å². The van der Waals surface area contributed by atoms with Crippen molar-refractivity contribution in [2.75, 3.05) is 53.4 Å². The third-order valence-electron chi connectivity index (χ3n) is 6.05. The van der Waals surface area contributed by atoms with E-state index in [2.05, 4.69) is 21.8 Å². The molecule has 6 nitrogen and oxygen atoms in total. The molecule has 0 radical (unpaired) electrons. The van der Waals surface area contributed by atoms with Gasteiger partial charge in [-0.2, -0.15) is 0 Å². The minimum atomic E-state index is 0.0713. The second-order valence-corrected chi connectivity index (χ2v) is 8.86. The molecule has 1 aromatic heterocycles. The van der Waals surface area contributed by atoms with Crippen LogP contribution in [0.2, 0.25) is 0 Å². The van der Waals surface area contributed by atoms with Crippen molar-refractivity contribution < 1.29 is 9.53 Å². The third-order valence-corrected chi connectivity index (χ3v) is 6.94. The molecule has 2 aliphatic heterocycles. The summed E-state index contributed by atoms with van der Waals surface area (Å²) in [6, 6.07) is 8.29. The zero-order valence-electron chi connectivity index (χ0n) is 17.3. The van der Waals surface area contributed by atoms with E-state index < -0.39 is 0 Å². The second kappa shape index (κ2) is 9.24. The second-order valence-electron chi connectivity index (χ2n) is 8.01. The summed E-state index contributed by atoms with van der Waals surface area (Å²) in [6.45, 7) is 6.07. The van der Waals surface area contributed by atoms with E-state index >= 15 is 0 Å². The number of aromatic nitrogens is 1. The zero-order valence-corrected chi connectivity index (χ0v) is 18.2. The van der Waals surface area contributed by atoms with Crippen LogP contribution >= 0.6 is 11.3 Å². The maximum Gasteiger partial charge on any atom is 0.273 e. The molecule has 0 N–H and O–H groups in total. The maximum absolute atomic E-state index is 13.2. The number of carbonyl (C=O) groups is 1. The van der Waals surface area contributed by atoms with Crippen LogP contribution in [0, 0.1) is 0 Å². The fourth-order valence-electron chi connectivity index (χ4n) is 4.19. The van der Waals surface area contributed by atoms with E-state index in [4.69, 9.17) is 4.74 Å². The van der Waals surface area contributed by atoms with Crippen LogP contribution in [0.4, 0.5) is 0 Å². The van der Waals surface area contributed by atoms with Gasteiger partial charge in [-0.3, -0.25) is 9.69 Å². The molecule has 1 amide bonds. The first-order valence-corrected chi connectivity index (χ1v) is 11.3. The molecular formula is C22H30N4O2S. The molecule has 2 aliphatic rings. The Hall–Kier alpha value is -1.96. The third kappa shape index (κ3) is 4.79. The Labute approximate surface area is 177 Å². The predicted octanol–water partition coefficient (Wildman–Crippen LogP) is 3.06. The largest absolute Gasteiger partial charge is 0.497 e. The number of amides is 1. The van der Waals surface area contributed by atoms with Gasteiger partial charge in [-0.05, 0) is 44.2 Å². The number of thiazole rings is 1. The molecule has 2 saturated heterocycles. The van der Waals surface area contributed by atoms with Crippen LogP contribution in [0.3, 0.4) is 0 Å². The lowest BCUT2D eigenvalue weighted by Crippen LogP contribution is -2.52. The minimum absolute atomic E-state index is 0.0713. The van der Waals surface area contributed by atoms with Crippen molar-refractivity contribution in [1.29, 1.82) is 0 Å². The average Bonchev–Trinajstić information content (AvgIpc) is 3.12. The molecule has 1 aromatic carbocycles. The van der Waals surface area contributed by atoms with Gasteiger partial charge in [0.05, 0.1) is 7.11 Å². The van der Waals surface area contributed by atoms with Gasteiger partial charge >= 0.3 is 0 Å². The number of carbonyl (C=O) groups excluding carboxylic acids is 1. The molecule has 0 unspecified atom stereocenters. The van der Waals surface area contributed by atoms with Crippen molar-refractivity contribution in [1.82, 2.24) is 19.7 Å². The van der Waals surface area contributed by atoms with Crippen LogP contribution in [-0.2, 0) is 0 Å². The van der Waals surface area contributed by atoms with Crippen molar-refractivity contribution in [3.8, 4) is 16.3 Å². The fourth-order valence-corrected chi connectivity index (χ4v) is 4.99. The number of piperazine rings is 1. The first-order valence-electron chi connectivity index (χ1n) is 10.5. The Balaban J connectivity index is 1.44. The summed E-state index contributed by atoms with van der Waals surface area (Å²) in [5.74, 6) is 0.892. The van der Waals surface area contributed by atoms with Crippen LogP contribution in [-0.4, -0.2) is 85.1 Å². The molecule has 0 aliphatic carbocycles. The number of nitrogens with zero attached hydrogens (tertiary/aromatic N) is 4. The molecule has 4 rings (SSSR count). The predicted molar refractivity (Wildman–Crippen MR) is 117 cm³/mol. The van der Waals surface area contributed by atoms with Gasteiger partial charge in [-0.25, -0.2) is 4.98 Å². The molecule has 7 heteroatoms. The molecule has 0 saturated carbocycles. The quantitative estimate of drug-likeness (QED) is 0.770. The van der Waals surface area contributed by atoms with Crippen molar-refractivity contribution in [2.45, 2.75) is 25.3 Å². The summed E-state index contributed by atoms with van der Waals surface area (Å²) in [4.78, 5) is 24.8. The number of hydrogen-bond acceptors (Lipinski definition) is 6. The van der Waals surface area contributed by atoms with Gasteiger partial charge in [0.15, 0.2) is 0 Å². The molecule has 29 heavy (non-hydrogen) atoms. The lowest BCUT2D eigenvalue weighted by atomic mass is 10.1. The Morgan fingerprint density at radius 1 is 1.10 bits per heavy atom. The minimum Gasteiger partial charge on any atom is -0.497 e. The summed E-state index contributed by atoms with van der Waals surface area (Å²) >= 11 is 1.53. The summed E-state index contributed by atoms with van der Waals surface area (Å²) in [5, 5.41) is 2.78. The highest BCUT2D eigenvalue weighted by atomic mass is 32.1. The number of rotatable bonds is 4. The van der Waals surface area contributed by atoms with Gasteiger partial charge in [0.2, 0.25) is 0 Å². The Morgan fingerprint density at radius 2 is 1.86 bits per heavy atom. The number of benzene rings is 1. The molecule has 2 fully saturated rings. The monoisotopic (exact) mass is 414 g/mol. The van der Waals surface area contributed by atoms with Gasteiger partial charge in [0, 0.05) is 56.3 Å². The van der Waals surface area contributed by atoms with Gasteiger partial charge in [0.1, 0.15) is 16.5 Å². The van der Waals surface area contributed by atoms with Gasteiger partial charge in [-0.1, -0.05) is 6.42 Å². The average molecular weight is 415 g/mol. The number of methoxy groups -OCH3 is 1. The topological polar surface area (TPSA) is 48.9 Å². The summed E-state index contributed by atoms with van der Waals surface area (Å²) in [5.41, 5.74) is 1.58. The van der Waals surface area contributed by atoms with Crippen LogP contribution in [0.5, 0.6) is 5.75 Å². The van der Waals surface area contributed by atoms with Crippen molar-refractivity contribution in [3.05, 3.63) is 35.3 Å². The SMILES string of the molecule is COc1ccc(-c2nc(C(=O)N3CCCC[C@H](N4CCN(C)CC4)C3)cs2)cc1. The summed E-state index contributed by atoms with van der Waals surface area (Å²) in [7, 11) is 3.84. The van der Waals surface area contributed by atoms with Crippen LogP contribution in [0.1, 0.15) is 29.8 Å². The van der Waals surface area contributed by atoms with Gasteiger partial charge in [0.25, 0.3) is 5.91 Å².